The molecule has 0 radical (unpaired) electrons. The normalized spacial score (nSPS) is 8.85. The molecule has 13 heavy (non-hydrogen) atoms. The van der Waals surface area contributed by atoms with Crippen LogP contribution in [0.15, 0.2) is 18.2 Å². The number of halogens is 1. The average molecular weight is 174 g/mol. The van der Waals surface area contributed by atoms with E-state index >= 15 is 0 Å². The minimum Gasteiger partial charge on any atom is -0.207 e. The summed E-state index contributed by atoms with van der Waals surface area (Å²) >= 11 is 0. The Kier molecular flexibility index (Phi) is 3.00. The summed E-state index contributed by atoms with van der Waals surface area (Å²) in [5.41, 5.74) is 1.10. The second kappa shape index (κ2) is 4.23. The van der Waals surface area contributed by atoms with E-state index in [0.29, 0.717) is 5.56 Å². The van der Waals surface area contributed by atoms with Gasteiger partial charge in [-0.05, 0) is 11.6 Å². The van der Waals surface area contributed by atoms with E-state index in [-0.39, 0.29) is 18.7 Å². The van der Waals surface area contributed by atoms with E-state index in [2.05, 4.69) is 0 Å². The number of benzene rings is 1. The number of hydrogen-bond donors (Lipinski definition) is 0. The second-order valence-electron chi connectivity index (χ2n) is 2.60. The Hall–Kier alpha value is -1.87. The van der Waals surface area contributed by atoms with E-state index in [1.165, 1.54) is 6.07 Å². The van der Waals surface area contributed by atoms with Gasteiger partial charge in [-0.3, -0.25) is 0 Å². The van der Waals surface area contributed by atoms with Crippen LogP contribution in [0.3, 0.4) is 0 Å². The molecule has 0 unspecified atom stereocenters. The van der Waals surface area contributed by atoms with Gasteiger partial charge in [0.05, 0.1) is 25.0 Å². The van der Waals surface area contributed by atoms with Crippen LogP contribution < -0.4 is 0 Å². The van der Waals surface area contributed by atoms with Gasteiger partial charge in [0.1, 0.15) is 5.82 Å². The third-order valence-corrected chi connectivity index (χ3v) is 1.66. The second-order valence-corrected chi connectivity index (χ2v) is 2.60. The van der Waals surface area contributed by atoms with Gasteiger partial charge >= 0.3 is 0 Å². The largest absolute Gasteiger partial charge is 0.207 e. The van der Waals surface area contributed by atoms with Crippen molar-refractivity contribution in [3.05, 3.63) is 35.1 Å². The van der Waals surface area contributed by atoms with Gasteiger partial charge in [0.25, 0.3) is 0 Å². The van der Waals surface area contributed by atoms with Gasteiger partial charge in [-0.25, -0.2) is 4.39 Å². The first-order valence-corrected chi connectivity index (χ1v) is 3.79. The molecule has 0 atom stereocenters. The van der Waals surface area contributed by atoms with Crippen molar-refractivity contribution in [1.82, 2.24) is 0 Å². The molecule has 0 bridgehead atoms. The third kappa shape index (κ3) is 2.28. The molecule has 64 valence electrons. The Labute approximate surface area is 75.8 Å². The highest BCUT2D eigenvalue weighted by molar-refractivity contribution is 5.28. The lowest BCUT2D eigenvalue weighted by Crippen LogP contribution is -1.91. The maximum atomic E-state index is 13.0. The van der Waals surface area contributed by atoms with Gasteiger partial charge in [0.2, 0.25) is 0 Å². The molecule has 0 spiro atoms. The SMILES string of the molecule is N#CCc1ccc(F)c(CC#N)c1. The molecule has 1 rings (SSSR count). The fourth-order valence-corrected chi connectivity index (χ4v) is 1.05. The molecule has 0 aliphatic carbocycles. The van der Waals surface area contributed by atoms with E-state index in [9.17, 15) is 4.39 Å². The quantitative estimate of drug-likeness (QED) is 0.688. The van der Waals surface area contributed by atoms with Crippen LogP contribution in [-0.4, -0.2) is 0 Å². The zero-order chi connectivity index (χ0) is 9.68. The lowest BCUT2D eigenvalue weighted by atomic mass is 10.1. The Morgan fingerprint density at radius 1 is 1.15 bits per heavy atom. The predicted molar refractivity (Wildman–Crippen MR) is 45.0 cm³/mol. The van der Waals surface area contributed by atoms with Crippen LogP contribution in [0.2, 0.25) is 0 Å². The third-order valence-electron chi connectivity index (χ3n) is 1.66. The predicted octanol–water partition coefficient (Wildman–Crippen LogP) is 1.96. The van der Waals surface area contributed by atoms with Crippen molar-refractivity contribution < 1.29 is 4.39 Å². The van der Waals surface area contributed by atoms with Crippen molar-refractivity contribution in [2.45, 2.75) is 12.8 Å². The first kappa shape index (κ1) is 9.22. The van der Waals surface area contributed by atoms with Gasteiger partial charge in [0, 0.05) is 5.56 Å². The Morgan fingerprint density at radius 2 is 1.85 bits per heavy atom. The van der Waals surface area contributed by atoms with E-state index < -0.39 is 0 Å². The number of nitriles is 2. The highest BCUT2D eigenvalue weighted by Gasteiger charge is 2.02. The number of nitrogens with zero attached hydrogens (tertiary/aromatic N) is 2. The van der Waals surface area contributed by atoms with Crippen LogP contribution in [-0.2, 0) is 12.8 Å². The Bertz CT molecular complexity index is 385. The molecule has 2 nitrogen and oxygen atoms in total. The molecule has 0 fully saturated rings. The summed E-state index contributed by atoms with van der Waals surface area (Å²) in [6.07, 6.45) is 0.295. The Balaban J connectivity index is 2.99. The van der Waals surface area contributed by atoms with Crippen LogP contribution in [0.1, 0.15) is 11.1 Å². The molecule has 0 N–H and O–H groups in total. The Morgan fingerprint density at radius 3 is 2.46 bits per heavy atom. The van der Waals surface area contributed by atoms with Crippen molar-refractivity contribution in [3.63, 3.8) is 0 Å². The lowest BCUT2D eigenvalue weighted by molar-refractivity contribution is 0.614. The highest BCUT2D eigenvalue weighted by Crippen LogP contribution is 2.11. The van der Waals surface area contributed by atoms with Crippen molar-refractivity contribution >= 4 is 0 Å². The monoisotopic (exact) mass is 174 g/mol. The van der Waals surface area contributed by atoms with Gasteiger partial charge in [-0.1, -0.05) is 12.1 Å². The smallest absolute Gasteiger partial charge is 0.127 e. The first-order chi connectivity index (χ1) is 6.27. The maximum absolute atomic E-state index is 13.0. The molecule has 0 heterocycles. The number of rotatable bonds is 2. The topological polar surface area (TPSA) is 47.6 Å². The zero-order valence-corrected chi connectivity index (χ0v) is 6.92. The number of hydrogen-bond acceptors (Lipinski definition) is 2. The van der Waals surface area contributed by atoms with Crippen LogP contribution in [0, 0.1) is 28.5 Å². The highest BCUT2D eigenvalue weighted by atomic mass is 19.1. The minimum atomic E-state index is -0.386. The first-order valence-electron chi connectivity index (χ1n) is 3.79. The zero-order valence-electron chi connectivity index (χ0n) is 6.92. The summed E-state index contributed by atoms with van der Waals surface area (Å²) in [5.74, 6) is -0.386. The van der Waals surface area contributed by atoms with Crippen LogP contribution in [0.4, 0.5) is 4.39 Å². The van der Waals surface area contributed by atoms with Crippen molar-refractivity contribution in [2.24, 2.45) is 0 Å². The van der Waals surface area contributed by atoms with Crippen LogP contribution in [0.5, 0.6) is 0 Å². The molecule has 3 heteroatoms. The van der Waals surface area contributed by atoms with Crippen LogP contribution in [0.25, 0.3) is 0 Å². The average Bonchev–Trinajstić information content (AvgIpc) is 2.12. The van der Waals surface area contributed by atoms with Gasteiger partial charge < -0.3 is 0 Å². The molecule has 0 aliphatic heterocycles. The van der Waals surface area contributed by atoms with Crippen LogP contribution >= 0.6 is 0 Å². The van der Waals surface area contributed by atoms with E-state index in [4.69, 9.17) is 10.5 Å². The lowest BCUT2D eigenvalue weighted by Gasteiger charge is -1.99. The minimum absolute atomic E-state index is 0.0467. The molecule has 1 aromatic carbocycles. The molecule has 0 aliphatic rings. The van der Waals surface area contributed by atoms with Crippen molar-refractivity contribution in [2.75, 3.05) is 0 Å². The van der Waals surface area contributed by atoms with Gasteiger partial charge in [-0.2, -0.15) is 10.5 Å². The summed E-state index contributed by atoms with van der Waals surface area (Å²) in [6.45, 7) is 0. The van der Waals surface area contributed by atoms with Gasteiger partial charge in [-0.15, -0.1) is 0 Å². The fraction of sp³-hybridized carbons (Fsp3) is 0.200. The van der Waals surface area contributed by atoms with Gasteiger partial charge in [0.15, 0.2) is 0 Å². The molecular weight excluding hydrogens is 167 g/mol. The fourth-order valence-electron chi connectivity index (χ4n) is 1.05. The molecule has 0 saturated carbocycles. The summed E-state index contributed by atoms with van der Waals surface area (Å²) in [4.78, 5) is 0. The summed E-state index contributed by atoms with van der Waals surface area (Å²) in [7, 11) is 0. The standard InChI is InChI=1S/C10H7FN2/c11-10-2-1-8(3-5-12)7-9(10)4-6-13/h1-2,7H,3-4H2. The molecule has 0 amide bonds. The molecular formula is C10H7FN2. The van der Waals surface area contributed by atoms with Crippen molar-refractivity contribution in [1.29, 1.82) is 10.5 Å². The van der Waals surface area contributed by atoms with E-state index in [1.807, 2.05) is 12.1 Å². The van der Waals surface area contributed by atoms with Crippen molar-refractivity contribution in [3.8, 4) is 12.1 Å². The molecule has 1 aromatic rings. The van der Waals surface area contributed by atoms with E-state index in [0.717, 1.165) is 5.56 Å². The summed E-state index contributed by atoms with van der Waals surface area (Å²) in [6, 6.07) is 8.24. The summed E-state index contributed by atoms with van der Waals surface area (Å²) in [5, 5.41) is 16.8. The van der Waals surface area contributed by atoms with E-state index in [1.54, 1.807) is 12.1 Å². The maximum Gasteiger partial charge on any atom is 0.127 e. The molecule has 0 aromatic heterocycles. The molecule has 0 saturated heterocycles. The summed E-state index contributed by atoms with van der Waals surface area (Å²) < 4.78 is 13.0.